The molecule has 0 bridgehead atoms. The van der Waals surface area contributed by atoms with Crippen LogP contribution in [-0.4, -0.2) is 31.1 Å². The number of aromatic amines is 1. The van der Waals surface area contributed by atoms with Gasteiger partial charge in [0, 0.05) is 13.2 Å². The maximum absolute atomic E-state index is 12.0. The molecule has 90 valence electrons. The van der Waals surface area contributed by atoms with Crippen molar-refractivity contribution in [1.82, 2.24) is 20.0 Å². The Morgan fingerprint density at radius 2 is 2.17 bits per heavy atom. The molecular formula is C11H8N4O3. The van der Waals surface area contributed by atoms with Gasteiger partial charge >= 0.3 is 5.97 Å². The summed E-state index contributed by atoms with van der Waals surface area (Å²) in [5.41, 5.74) is 0.864. The minimum Gasteiger partial charge on any atom is -0.477 e. The van der Waals surface area contributed by atoms with E-state index in [0.717, 1.165) is 11.7 Å². The lowest BCUT2D eigenvalue weighted by Gasteiger charge is -1.99. The van der Waals surface area contributed by atoms with Gasteiger partial charge in [0.1, 0.15) is 16.6 Å². The van der Waals surface area contributed by atoms with Crippen molar-refractivity contribution >= 4 is 27.9 Å². The van der Waals surface area contributed by atoms with Crippen molar-refractivity contribution in [1.29, 1.82) is 0 Å². The largest absolute Gasteiger partial charge is 0.477 e. The second kappa shape index (κ2) is 3.39. The number of aromatic nitrogens is 4. The Labute approximate surface area is 99.7 Å². The molecule has 3 aromatic rings. The number of nitrogens with zero attached hydrogens (tertiary/aromatic N) is 3. The molecule has 2 heterocycles. The molecule has 18 heavy (non-hydrogen) atoms. The van der Waals surface area contributed by atoms with E-state index in [1.165, 1.54) is 0 Å². The summed E-state index contributed by atoms with van der Waals surface area (Å²) in [6.07, 6.45) is 1.07. The molecule has 0 radical (unpaired) electrons. The topological polar surface area (TPSA) is 101 Å². The molecule has 7 heteroatoms. The van der Waals surface area contributed by atoms with Crippen LogP contribution in [0.15, 0.2) is 23.1 Å². The lowest BCUT2D eigenvalue weighted by molar-refractivity contribution is 0.0695. The summed E-state index contributed by atoms with van der Waals surface area (Å²) in [7, 11) is 1.78. The number of hydrogen-bond acceptors (Lipinski definition) is 4. The molecule has 2 aromatic heterocycles. The Morgan fingerprint density at radius 3 is 2.89 bits per heavy atom. The van der Waals surface area contributed by atoms with E-state index < -0.39 is 11.4 Å². The van der Waals surface area contributed by atoms with Gasteiger partial charge in [-0.05, 0) is 12.1 Å². The number of H-pyrrole nitrogens is 1. The first kappa shape index (κ1) is 10.5. The molecule has 0 saturated heterocycles. The fraction of sp³-hybridized carbons (Fsp3) is 0.0909. The predicted molar refractivity (Wildman–Crippen MR) is 63.6 cm³/mol. The Kier molecular flexibility index (Phi) is 1.97. The van der Waals surface area contributed by atoms with Crippen molar-refractivity contribution in [2.45, 2.75) is 0 Å². The number of nitrogens with one attached hydrogen (secondary N) is 1. The highest BCUT2D eigenvalue weighted by molar-refractivity contribution is 6.03. The van der Waals surface area contributed by atoms with Gasteiger partial charge in [-0.1, -0.05) is 0 Å². The zero-order valence-electron chi connectivity index (χ0n) is 9.34. The molecule has 3 rings (SSSR count). The second-order valence-corrected chi connectivity index (χ2v) is 3.91. The fourth-order valence-electron chi connectivity index (χ4n) is 1.93. The highest BCUT2D eigenvalue weighted by Gasteiger charge is 2.15. The van der Waals surface area contributed by atoms with Crippen LogP contribution in [0, 0.1) is 0 Å². The molecule has 0 spiro atoms. The molecule has 0 aliphatic rings. The normalized spacial score (nSPS) is 11.2. The third kappa shape index (κ3) is 1.24. The third-order valence-corrected chi connectivity index (χ3v) is 2.85. The summed E-state index contributed by atoms with van der Waals surface area (Å²) in [5, 5.41) is 15.9. The molecule has 0 unspecified atom stereocenters. The van der Waals surface area contributed by atoms with Crippen molar-refractivity contribution < 1.29 is 9.90 Å². The number of rotatable bonds is 1. The number of pyridine rings is 1. The molecular weight excluding hydrogens is 236 g/mol. The Balaban J connectivity index is 2.52. The number of aromatic carboxylic acids is 1. The summed E-state index contributed by atoms with van der Waals surface area (Å²) in [6, 6.07) is 3.27. The van der Waals surface area contributed by atoms with Gasteiger partial charge < -0.3 is 5.11 Å². The zero-order chi connectivity index (χ0) is 12.9. The molecule has 2 N–H and O–H groups in total. The third-order valence-electron chi connectivity index (χ3n) is 2.85. The average Bonchev–Trinajstić information content (AvgIpc) is 2.71. The first-order valence-corrected chi connectivity index (χ1v) is 5.15. The van der Waals surface area contributed by atoms with Crippen LogP contribution in [0.3, 0.4) is 0 Å². The first-order valence-electron chi connectivity index (χ1n) is 5.15. The molecule has 0 atom stereocenters. The number of benzene rings is 1. The minimum absolute atomic E-state index is 0.259. The maximum atomic E-state index is 12.0. The van der Waals surface area contributed by atoms with Crippen molar-refractivity contribution in [3.8, 4) is 0 Å². The molecule has 0 aliphatic heterocycles. The van der Waals surface area contributed by atoms with E-state index >= 15 is 0 Å². The van der Waals surface area contributed by atoms with Crippen molar-refractivity contribution in [3.63, 3.8) is 0 Å². The Morgan fingerprint density at radius 1 is 1.39 bits per heavy atom. The van der Waals surface area contributed by atoms with E-state index in [9.17, 15) is 9.59 Å². The quantitative estimate of drug-likeness (QED) is 0.649. The molecule has 0 aliphatic carbocycles. The number of hydrogen-bond donors (Lipinski definition) is 2. The molecule has 7 nitrogen and oxygen atoms in total. The SMILES string of the molecule is Cn1[nH]nc2c3ncc(C(=O)O)c(=O)c3ccc21. The zero-order valence-corrected chi connectivity index (χ0v) is 9.34. The number of fused-ring (bicyclic) bond motifs is 3. The summed E-state index contributed by atoms with van der Waals surface area (Å²) in [6.45, 7) is 0. The van der Waals surface area contributed by atoms with Gasteiger partial charge in [-0.2, -0.15) is 5.10 Å². The van der Waals surface area contributed by atoms with E-state index in [2.05, 4.69) is 15.3 Å². The van der Waals surface area contributed by atoms with Gasteiger partial charge in [-0.25, -0.2) is 10.0 Å². The van der Waals surface area contributed by atoms with E-state index in [-0.39, 0.29) is 10.9 Å². The number of carbonyl (C=O) groups is 1. The first-order chi connectivity index (χ1) is 8.59. The monoisotopic (exact) mass is 244 g/mol. The van der Waals surface area contributed by atoms with Gasteiger partial charge in [0.2, 0.25) is 5.43 Å². The van der Waals surface area contributed by atoms with Gasteiger partial charge in [0.25, 0.3) is 0 Å². The van der Waals surface area contributed by atoms with Crippen molar-refractivity contribution in [3.05, 3.63) is 34.1 Å². The van der Waals surface area contributed by atoms with Crippen LogP contribution >= 0.6 is 0 Å². The standard InChI is InChI=1S/C11H8N4O3/c1-15-7-3-2-5-8(9(7)13-14-15)12-4-6(10(5)16)11(17)18/h2-4,14H,1H3,(H,17,18). The van der Waals surface area contributed by atoms with Crippen LogP contribution in [0.1, 0.15) is 10.4 Å². The van der Waals surface area contributed by atoms with E-state index in [1.54, 1.807) is 23.9 Å². The second-order valence-electron chi connectivity index (χ2n) is 3.91. The smallest absolute Gasteiger partial charge is 0.341 e. The Hall–Kier alpha value is -2.70. The fourth-order valence-corrected chi connectivity index (χ4v) is 1.93. The average molecular weight is 244 g/mol. The molecule has 0 saturated carbocycles. The minimum atomic E-state index is -1.28. The van der Waals surface area contributed by atoms with E-state index in [4.69, 9.17) is 5.11 Å². The van der Waals surface area contributed by atoms with Gasteiger partial charge in [0.05, 0.1) is 10.9 Å². The molecule has 0 amide bonds. The van der Waals surface area contributed by atoms with Crippen LogP contribution < -0.4 is 5.43 Å². The van der Waals surface area contributed by atoms with Crippen molar-refractivity contribution in [2.24, 2.45) is 7.05 Å². The van der Waals surface area contributed by atoms with Crippen molar-refractivity contribution in [2.75, 3.05) is 0 Å². The van der Waals surface area contributed by atoms with Crippen LogP contribution in [0.5, 0.6) is 0 Å². The van der Waals surface area contributed by atoms with Gasteiger partial charge in [-0.15, -0.1) is 0 Å². The number of carboxylic acid groups (broad SMARTS) is 1. The summed E-state index contributed by atoms with van der Waals surface area (Å²) in [4.78, 5) is 26.9. The molecule has 1 aromatic carbocycles. The van der Waals surface area contributed by atoms with Crippen LogP contribution in [0.25, 0.3) is 21.9 Å². The van der Waals surface area contributed by atoms with Crippen LogP contribution in [0.4, 0.5) is 0 Å². The van der Waals surface area contributed by atoms with E-state index in [1.807, 2.05) is 0 Å². The van der Waals surface area contributed by atoms with Gasteiger partial charge in [-0.3, -0.25) is 14.5 Å². The summed E-state index contributed by atoms with van der Waals surface area (Å²) >= 11 is 0. The highest BCUT2D eigenvalue weighted by Crippen LogP contribution is 2.19. The highest BCUT2D eigenvalue weighted by atomic mass is 16.4. The van der Waals surface area contributed by atoms with Crippen LogP contribution in [0.2, 0.25) is 0 Å². The van der Waals surface area contributed by atoms with E-state index in [0.29, 0.717) is 11.0 Å². The van der Waals surface area contributed by atoms with Gasteiger partial charge in [0.15, 0.2) is 0 Å². The number of aryl methyl sites for hydroxylation is 1. The lowest BCUT2D eigenvalue weighted by atomic mass is 10.1. The van der Waals surface area contributed by atoms with Crippen LogP contribution in [-0.2, 0) is 7.05 Å². The number of carboxylic acids is 1. The summed E-state index contributed by atoms with van der Waals surface area (Å²) < 4.78 is 1.69. The molecule has 0 fully saturated rings. The Bertz CT molecular complexity index is 846. The lowest BCUT2D eigenvalue weighted by Crippen LogP contribution is -2.15. The predicted octanol–water partition coefficient (Wildman–Crippen LogP) is 0.508. The summed E-state index contributed by atoms with van der Waals surface area (Å²) in [5.74, 6) is -1.28. The maximum Gasteiger partial charge on any atom is 0.341 e.